The number of nitrogens with zero attached hydrogens (tertiary/aromatic N) is 2. The monoisotopic (exact) mass is 539 g/mol. The summed E-state index contributed by atoms with van der Waals surface area (Å²) in [7, 11) is 0. The first-order chi connectivity index (χ1) is 18.8. The molecule has 3 aromatic carbocycles. The number of imidazole rings is 1. The van der Waals surface area contributed by atoms with E-state index >= 15 is 0 Å². The number of ether oxygens (including phenoxy) is 1. The first-order valence-corrected chi connectivity index (χ1v) is 13.7. The number of phenols is 1. The van der Waals surface area contributed by atoms with Crippen LogP contribution in [0, 0.1) is 5.41 Å². The highest BCUT2D eigenvalue weighted by Crippen LogP contribution is 2.40. The largest absolute Gasteiger partial charge is 0.507 e. The van der Waals surface area contributed by atoms with Crippen LogP contribution in [-0.4, -0.2) is 20.0 Å². The number of hydrogen-bond acceptors (Lipinski definition) is 4. The Morgan fingerprint density at radius 2 is 1.35 bits per heavy atom. The summed E-state index contributed by atoms with van der Waals surface area (Å²) < 4.78 is 9.62. The lowest BCUT2D eigenvalue weighted by atomic mass is 9.78. The van der Waals surface area contributed by atoms with Gasteiger partial charge in [-0.1, -0.05) is 102 Å². The third kappa shape index (κ3) is 6.80. The molecule has 0 radical (unpaired) electrons. The molecular formula is C34H41N3O3. The molecule has 0 atom stereocenters. The van der Waals surface area contributed by atoms with Crippen molar-refractivity contribution in [1.82, 2.24) is 9.13 Å². The molecule has 6 heteroatoms. The standard InChI is InChI=1S/C34H41N3O3/c1-33(2,3)28-17-26(18-29(31(28)39)34(4,5)6)30(38)21-37-27(23-40-22-25-15-11-8-12-16-25)20-36(32(37)35)19-24-13-9-7-10-14-24/h7-18,20,35,39H,19,21-23H2,1-6H3. The second kappa shape index (κ2) is 11.7. The molecule has 0 bridgehead atoms. The maximum absolute atomic E-state index is 13.8. The van der Waals surface area contributed by atoms with Crippen LogP contribution in [0.4, 0.5) is 0 Å². The van der Waals surface area contributed by atoms with E-state index in [0.29, 0.717) is 18.7 Å². The normalized spacial score (nSPS) is 12.1. The molecule has 0 amide bonds. The molecule has 0 saturated heterocycles. The number of benzene rings is 3. The summed E-state index contributed by atoms with van der Waals surface area (Å²) in [6, 6.07) is 23.6. The van der Waals surface area contributed by atoms with Crippen molar-refractivity contribution >= 4 is 5.78 Å². The minimum atomic E-state index is -0.344. The summed E-state index contributed by atoms with van der Waals surface area (Å²) in [4.78, 5) is 13.8. The van der Waals surface area contributed by atoms with Gasteiger partial charge in [-0.15, -0.1) is 0 Å². The molecule has 1 aromatic heterocycles. The highest BCUT2D eigenvalue weighted by Gasteiger charge is 2.28. The molecular weight excluding hydrogens is 498 g/mol. The lowest BCUT2D eigenvalue weighted by Crippen LogP contribution is -2.29. The van der Waals surface area contributed by atoms with E-state index in [4.69, 9.17) is 10.1 Å². The third-order valence-corrected chi connectivity index (χ3v) is 7.09. The Morgan fingerprint density at radius 1 is 0.825 bits per heavy atom. The van der Waals surface area contributed by atoms with Crippen LogP contribution in [0.25, 0.3) is 0 Å². The van der Waals surface area contributed by atoms with Crippen LogP contribution in [0.1, 0.15) is 79.8 Å². The lowest BCUT2D eigenvalue weighted by molar-refractivity contribution is 0.0934. The number of phenolic OH excluding ortho intramolecular Hbond substituents is 1. The van der Waals surface area contributed by atoms with Gasteiger partial charge in [-0.25, -0.2) is 0 Å². The van der Waals surface area contributed by atoms with Crippen LogP contribution in [0.2, 0.25) is 0 Å². The van der Waals surface area contributed by atoms with Crippen molar-refractivity contribution in [1.29, 1.82) is 5.41 Å². The Balaban J connectivity index is 1.69. The highest BCUT2D eigenvalue weighted by molar-refractivity contribution is 5.96. The third-order valence-electron chi connectivity index (χ3n) is 7.09. The molecule has 4 aromatic rings. The van der Waals surface area contributed by atoms with Crippen molar-refractivity contribution in [3.63, 3.8) is 0 Å². The van der Waals surface area contributed by atoms with Gasteiger partial charge in [0.05, 0.1) is 32.0 Å². The predicted octanol–water partition coefficient (Wildman–Crippen LogP) is 6.72. The second-order valence-corrected chi connectivity index (χ2v) is 12.5. The van der Waals surface area contributed by atoms with Crippen molar-refractivity contribution in [2.24, 2.45) is 0 Å². The number of rotatable bonds is 9. The van der Waals surface area contributed by atoms with Crippen LogP contribution in [0.3, 0.4) is 0 Å². The quantitative estimate of drug-likeness (QED) is 0.232. The average Bonchev–Trinajstić information content (AvgIpc) is 3.17. The zero-order chi connectivity index (χ0) is 29.1. The Hall–Kier alpha value is -3.90. The number of aromatic hydroxyl groups is 1. The number of carbonyl (C=O) groups is 1. The van der Waals surface area contributed by atoms with Crippen LogP contribution in [0.15, 0.2) is 79.0 Å². The summed E-state index contributed by atoms with van der Waals surface area (Å²) >= 11 is 0. The molecule has 6 nitrogen and oxygen atoms in total. The summed E-state index contributed by atoms with van der Waals surface area (Å²) in [5.41, 5.74) is 4.47. The van der Waals surface area contributed by atoms with Crippen molar-refractivity contribution < 1.29 is 14.6 Å². The molecule has 210 valence electrons. The zero-order valence-corrected chi connectivity index (χ0v) is 24.5. The SMILES string of the molecule is CC(C)(C)c1cc(C(=O)Cn2c(COCc3ccccc3)cn(Cc3ccccc3)c2=N)cc(C(C)(C)C)c1O. The smallest absolute Gasteiger partial charge is 0.203 e. The minimum absolute atomic E-state index is 0.00257. The van der Waals surface area contributed by atoms with Gasteiger partial charge in [0.1, 0.15) is 5.75 Å². The number of Topliss-reactive ketones (excluding diaryl/α,β-unsaturated/α-hetero) is 1. The van der Waals surface area contributed by atoms with Crippen LogP contribution < -0.4 is 5.62 Å². The maximum Gasteiger partial charge on any atom is 0.203 e. The van der Waals surface area contributed by atoms with E-state index in [9.17, 15) is 9.90 Å². The van der Waals surface area contributed by atoms with Crippen LogP contribution in [0.5, 0.6) is 5.75 Å². The van der Waals surface area contributed by atoms with E-state index in [2.05, 4.69) is 0 Å². The number of nitrogens with one attached hydrogen (secondary N) is 1. The Bertz CT molecular complexity index is 1480. The molecule has 0 aliphatic rings. The van der Waals surface area contributed by atoms with Gasteiger partial charge in [0.25, 0.3) is 0 Å². The maximum atomic E-state index is 13.8. The van der Waals surface area contributed by atoms with E-state index in [0.717, 1.165) is 27.9 Å². The van der Waals surface area contributed by atoms with Gasteiger partial charge in [0, 0.05) is 22.9 Å². The summed E-state index contributed by atoms with van der Waals surface area (Å²) in [5.74, 6) is 0.130. The van der Waals surface area contributed by atoms with E-state index in [1.807, 2.05) is 125 Å². The van der Waals surface area contributed by atoms with Crippen LogP contribution >= 0.6 is 0 Å². The molecule has 40 heavy (non-hydrogen) atoms. The van der Waals surface area contributed by atoms with Gasteiger partial charge in [0.2, 0.25) is 5.62 Å². The summed E-state index contributed by atoms with van der Waals surface area (Å²) in [6.45, 7) is 13.4. The van der Waals surface area contributed by atoms with Gasteiger partial charge < -0.3 is 19.0 Å². The van der Waals surface area contributed by atoms with Crippen LogP contribution in [-0.2, 0) is 41.9 Å². The van der Waals surface area contributed by atoms with Crippen molar-refractivity contribution in [3.8, 4) is 5.75 Å². The Morgan fingerprint density at radius 3 is 1.88 bits per heavy atom. The number of carbonyl (C=O) groups excluding carboxylic acids is 1. The summed E-state index contributed by atoms with van der Waals surface area (Å²) in [5, 5.41) is 20.1. The van der Waals surface area contributed by atoms with E-state index in [1.165, 1.54) is 0 Å². The van der Waals surface area contributed by atoms with Gasteiger partial charge in [-0.05, 0) is 34.1 Å². The first kappa shape index (κ1) is 29.1. The molecule has 0 unspecified atom stereocenters. The zero-order valence-electron chi connectivity index (χ0n) is 24.5. The fourth-order valence-corrected chi connectivity index (χ4v) is 4.82. The fraction of sp³-hybridized carbons (Fsp3) is 0.353. The van der Waals surface area contributed by atoms with E-state index in [-0.39, 0.29) is 41.1 Å². The number of hydrogen-bond donors (Lipinski definition) is 2. The van der Waals surface area contributed by atoms with E-state index < -0.39 is 0 Å². The van der Waals surface area contributed by atoms with E-state index in [1.54, 1.807) is 4.57 Å². The average molecular weight is 540 g/mol. The Kier molecular flexibility index (Phi) is 8.50. The van der Waals surface area contributed by atoms with Gasteiger partial charge >= 0.3 is 0 Å². The van der Waals surface area contributed by atoms with Crippen molar-refractivity contribution in [2.45, 2.75) is 78.7 Å². The highest BCUT2D eigenvalue weighted by atomic mass is 16.5. The van der Waals surface area contributed by atoms with Crippen molar-refractivity contribution in [2.75, 3.05) is 0 Å². The van der Waals surface area contributed by atoms with Gasteiger partial charge in [-0.2, -0.15) is 0 Å². The number of ketones is 1. The molecule has 0 fully saturated rings. The molecule has 4 rings (SSSR count). The first-order valence-electron chi connectivity index (χ1n) is 13.7. The topological polar surface area (TPSA) is 80.2 Å². The summed E-state index contributed by atoms with van der Waals surface area (Å²) in [6.07, 6.45) is 1.91. The molecule has 0 spiro atoms. The van der Waals surface area contributed by atoms with Gasteiger partial charge in [0.15, 0.2) is 5.78 Å². The van der Waals surface area contributed by atoms with Crippen molar-refractivity contribution in [3.05, 3.63) is 118 Å². The second-order valence-electron chi connectivity index (χ2n) is 12.5. The van der Waals surface area contributed by atoms with Gasteiger partial charge in [-0.3, -0.25) is 10.2 Å². The molecule has 2 N–H and O–H groups in total. The lowest BCUT2D eigenvalue weighted by Gasteiger charge is -2.28. The predicted molar refractivity (Wildman–Crippen MR) is 159 cm³/mol. The minimum Gasteiger partial charge on any atom is -0.507 e. The molecule has 0 aliphatic carbocycles. The molecule has 1 heterocycles. The molecule has 0 aliphatic heterocycles. The number of aromatic nitrogens is 2. The fourth-order valence-electron chi connectivity index (χ4n) is 4.82. The Labute approximate surface area is 237 Å². The molecule has 0 saturated carbocycles.